The van der Waals surface area contributed by atoms with Crippen LogP contribution in [0.25, 0.3) is 0 Å². The van der Waals surface area contributed by atoms with E-state index in [-0.39, 0.29) is 11.3 Å². The van der Waals surface area contributed by atoms with Crippen molar-refractivity contribution in [2.75, 3.05) is 19.3 Å². The molecule has 1 rings (SSSR count). The van der Waals surface area contributed by atoms with Crippen LogP contribution in [0.15, 0.2) is 0 Å². The molecule has 2 N–H and O–H groups in total. The lowest BCUT2D eigenvalue weighted by Gasteiger charge is -2.25. The Labute approximate surface area is 93.3 Å². The Bertz CT molecular complexity index is 355. The molecule has 0 fully saturated rings. The van der Waals surface area contributed by atoms with Crippen LogP contribution in [-0.2, 0) is 0 Å². The summed E-state index contributed by atoms with van der Waals surface area (Å²) in [6.07, 6.45) is 0. The number of nitrogens with two attached hydrogens (primary N) is 1. The van der Waals surface area contributed by atoms with Crippen LogP contribution in [0.5, 0.6) is 0 Å². The molecule has 1 heterocycles. The highest BCUT2D eigenvalue weighted by Crippen LogP contribution is 2.17. The highest BCUT2D eigenvalue weighted by Gasteiger charge is 2.21. The molecule has 6 heteroatoms. The Hall–Kier alpha value is -1.17. The first-order chi connectivity index (χ1) is 6.79. The summed E-state index contributed by atoms with van der Waals surface area (Å²) in [5.41, 5.74) is 5.49. The number of hydrogen-bond acceptors (Lipinski definition) is 5. The molecule has 0 aromatic carbocycles. The van der Waals surface area contributed by atoms with E-state index in [9.17, 15) is 4.79 Å². The number of aromatic nitrogens is 2. The molecule has 0 aliphatic rings. The molecule has 15 heavy (non-hydrogen) atoms. The summed E-state index contributed by atoms with van der Waals surface area (Å²) < 4.78 is 0. The van der Waals surface area contributed by atoms with Crippen molar-refractivity contribution in [3.8, 4) is 0 Å². The van der Waals surface area contributed by atoms with E-state index in [0.29, 0.717) is 16.7 Å². The minimum absolute atomic E-state index is 0.0701. The van der Waals surface area contributed by atoms with Gasteiger partial charge in [-0.2, -0.15) is 0 Å². The highest BCUT2D eigenvalue weighted by atomic mass is 32.1. The molecule has 0 spiro atoms. The van der Waals surface area contributed by atoms with E-state index in [1.54, 1.807) is 11.9 Å². The van der Waals surface area contributed by atoms with E-state index < -0.39 is 0 Å². The van der Waals surface area contributed by atoms with Crippen LogP contribution in [0.1, 0.15) is 30.6 Å². The third-order valence-electron chi connectivity index (χ3n) is 1.68. The second-order valence-electron chi connectivity index (χ2n) is 4.67. The van der Waals surface area contributed by atoms with Crippen molar-refractivity contribution >= 4 is 22.4 Å². The largest absolute Gasteiger partial charge is 0.374 e. The Morgan fingerprint density at radius 3 is 2.47 bits per heavy atom. The third kappa shape index (κ3) is 3.47. The standard InChI is InChI=1S/C9H16N4OS/c1-9(2,3)5-13(4)7(14)6-11-12-8(10)15-6/h5H2,1-4H3,(H2,10,12). The Kier molecular flexibility index (Phi) is 3.28. The molecular weight excluding hydrogens is 212 g/mol. The topological polar surface area (TPSA) is 72.1 Å². The fourth-order valence-electron chi connectivity index (χ4n) is 1.27. The molecule has 0 aliphatic carbocycles. The van der Waals surface area contributed by atoms with Gasteiger partial charge in [-0.1, -0.05) is 32.1 Å². The molecule has 5 nitrogen and oxygen atoms in total. The SMILES string of the molecule is CN(CC(C)(C)C)C(=O)c1nnc(N)s1. The van der Waals surface area contributed by atoms with Crippen molar-refractivity contribution < 1.29 is 4.79 Å². The van der Waals surface area contributed by atoms with Gasteiger partial charge in [-0.05, 0) is 5.41 Å². The summed E-state index contributed by atoms with van der Waals surface area (Å²) in [5, 5.41) is 8.00. The number of nitrogens with zero attached hydrogens (tertiary/aromatic N) is 3. The minimum Gasteiger partial charge on any atom is -0.374 e. The Morgan fingerprint density at radius 1 is 1.47 bits per heavy atom. The van der Waals surface area contributed by atoms with Gasteiger partial charge in [0.2, 0.25) is 10.1 Å². The second kappa shape index (κ2) is 4.14. The van der Waals surface area contributed by atoms with Gasteiger partial charge in [0.05, 0.1) is 0 Å². The van der Waals surface area contributed by atoms with Gasteiger partial charge in [-0.25, -0.2) is 0 Å². The number of carbonyl (C=O) groups is 1. The molecular formula is C9H16N4OS. The van der Waals surface area contributed by atoms with Crippen LogP contribution < -0.4 is 5.73 Å². The first-order valence-corrected chi connectivity index (χ1v) is 5.46. The summed E-state index contributed by atoms with van der Waals surface area (Å²) in [4.78, 5) is 13.5. The maximum absolute atomic E-state index is 11.8. The van der Waals surface area contributed by atoms with Gasteiger partial charge in [0.15, 0.2) is 0 Å². The molecule has 1 aromatic heterocycles. The minimum atomic E-state index is -0.126. The van der Waals surface area contributed by atoms with Gasteiger partial charge in [-0.3, -0.25) is 4.79 Å². The zero-order chi connectivity index (χ0) is 11.6. The van der Waals surface area contributed by atoms with E-state index in [2.05, 4.69) is 31.0 Å². The zero-order valence-corrected chi connectivity index (χ0v) is 10.3. The number of anilines is 1. The number of amides is 1. The van der Waals surface area contributed by atoms with Crippen LogP contribution in [0.4, 0.5) is 5.13 Å². The molecule has 0 unspecified atom stereocenters. The van der Waals surface area contributed by atoms with Gasteiger partial charge in [-0.15, -0.1) is 10.2 Å². The molecule has 1 aromatic rings. The van der Waals surface area contributed by atoms with Crippen LogP contribution in [-0.4, -0.2) is 34.6 Å². The predicted octanol–water partition coefficient (Wildman–Crippen LogP) is 1.24. The monoisotopic (exact) mass is 228 g/mol. The lowest BCUT2D eigenvalue weighted by molar-refractivity contribution is 0.0744. The first kappa shape index (κ1) is 11.9. The summed E-state index contributed by atoms with van der Waals surface area (Å²) in [6, 6.07) is 0. The third-order valence-corrected chi connectivity index (χ3v) is 2.42. The van der Waals surface area contributed by atoms with E-state index in [4.69, 9.17) is 5.73 Å². The predicted molar refractivity (Wildman–Crippen MR) is 60.7 cm³/mol. The van der Waals surface area contributed by atoms with Crippen LogP contribution in [0.2, 0.25) is 0 Å². The fraction of sp³-hybridized carbons (Fsp3) is 0.667. The van der Waals surface area contributed by atoms with Crippen molar-refractivity contribution in [2.45, 2.75) is 20.8 Å². The average molecular weight is 228 g/mol. The van der Waals surface area contributed by atoms with Gasteiger partial charge in [0.1, 0.15) is 0 Å². The fourth-order valence-corrected chi connectivity index (χ4v) is 1.87. The number of nitrogen functional groups attached to an aromatic ring is 1. The molecule has 0 bridgehead atoms. The number of rotatable bonds is 2. The van der Waals surface area contributed by atoms with Crippen molar-refractivity contribution in [3.05, 3.63) is 5.01 Å². The smallest absolute Gasteiger partial charge is 0.284 e. The lowest BCUT2D eigenvalue weighted by Crippen LogP contribution is -2.34. The molecule has 0 saturated heterocycles. The van der Waals surface area contributed by atoms with Crippen molar-refractivity contribution in [1.82, 2.24) is 15.1 Å². The Morgan fingerprint density at radius 2 is 2.07 bits per heavy atom. The lowest BCUT2D eigenvalue weighted by atomic mass is 9.96. The molecule has 0 atom stereocenters. The van der Waals surface area contributed by atoms with E-state index in [1.807, 2.05) is 0 Å². The maximum Gasteiger partial charge on any atom is 0.284 e. The highest BCUT2D eigenvalue weighted by molar-refractivity contribution is 7.16. The molecule has 0 aliphatic heterocycles. The zero-order valence-electron chi connectivity index (χ0n) is 9.44. The van der Waals surface area contributed by atoms with Crippen LogP contribution in [0, 0.1) is 5.41 Å². The van der Waals surface area contributed by atoms with Gasteiger partial charge >= 0.3 is 0 Å². The maximum atomic E-state index is 11.8. The number of hydrogen-bond donors (Lipinski definition) is 1. The average Bonchev–Trinajstić information content (AvgIpc) is 2.47. The van der Waals surface area contributed by atoms with Crippen molar-refractivity contribution in [2.24, 2.45) is 5.41 Å². The quantitative estimate of drug-likeness (QED) is 0.826. The Balaban J connectivity index is 2.69. The molecule has 0 radical (unpaired) electrons. The summed E-state index contributed by atoms with van der Waals surface area (Å²) in [6.45, 7) is 6.90. The second-order valence-corrected chi connectivity index (χ2v) is 5.68. The summed E-state index contributed by atoms with van der Waals surface area (Å²) >= 11 is 1.11. The first-order valence-electron chi connectivity index (χ1n) is 4.64. The van der Waals surface area contributed by atoms with Gasteiger partial charge < -0.3 is 10.6 Å². The molecule has 0 saturated carbocycles. The van der Waals surface area contributed by atoms with Gasteiger partial charge in [0, 0.05) is 13.6 Å². The summed E-state index contributed by atoms with van der Waals surface area (Å²) in [5.74, 6) is -0.126. The van der Waals surface area contributed by atoms with E-state index >= 15 is 0 Å². The van der Waals surface area contributed by atoms with Gasteiger partial charge in [0.25, 0.3) is 5.91 Å². The summed E-state index contributed by atoms with van der Waals surface area (Å²) in [7, 11) is 1.76. The molecule has 84 valence electrons. The van der Waals surface area contributed by atoms with Crippen LogP contribution in [0.3, 0.4) is 0 Å². The van der Waals surface area contributed by atoms with Crippen LogP contribution >= 0.6 is 11.3 Å². The van der Waals surface area contributed by atoms with E-state index in [1.165, 1.54) is 0 Å². The normalized spacial score (nSPS) is 11.5. The number of carbonyl (C=O) groups excluding carboxylic acids is 1. The van der Waals surface area contributed by atoms with Crippen molar-refractivity contribution in [3.63, 3.8) is 0 Å². The van der Waals surface area contributed by atoms with Crippen molar-refractivity contribution in [1.29, 1.82) is 0 Å². The molecule has 1 amide bonds. The van der Waals surface area contributed by atoms with E-state index in [0.717, 1.165) is 11.3 Å².